The van der Waals surface area contributed by atoms with Gasteiger partial charge in [-0.2, -0.15) is 0 Å². The fourth-order valence-corrected chi connectivity index (χ4v) is 3.87. The number of methoxy groups -OCH3 is 1. The normalized spacial score (nSPS) is 20.7. The van der Waals surface area contributed by atoms with E-state index >= 15 is 0 Å². The number of amides is 4. The minimum Gasteiger partial charge on any atom is -0.497 e. The molecule has 150 valence electrons. The molecule has 8 heteroatoms. The van der Waals surface area contributed by atoms with Gasteiger partial charge in [0, 0.05) is 31.2 Å². The Morgan fingerprint density at radius 3 is 2.46 bits per heavy atom. The summed E-state index contributed by atoms with van der Waals surface area (Å²) in [4.78, 5) is 42.0. The fraction of sp³-hybridized carbons (Fsp3) is 0.550. The highest BCUT2D eigenvalue weighted by molar-refractivity contribution is 6.02. The molecule has 1 aromatic carbocycles. The number of urea groups is 1. The molecule has 2 saturated heterocycles. The summed E-state index contributed by atoms with van der Waals surface area (Å²) in [5, 5.41) is 0. The van der Waals surface area contributed by atoms with E-state index in [4.69, 9.17) is 9.47 Å². The van der Waals surface area contributed by atoms with Crippen molar-refractivity contribution in [2.75, 3.05) is 33.4 Å². The highest BCUT2D eigenvalue weighted by Crippen LogP contribution is 2.32. The van der Waals surface area contributed by atoms with Crippen LogP contribution in [0.2, 0.25) is 0 Å². The molecule has 2 heterocycles. The number of piperidine rings is 1. The van der Waals surface area contributed by atoms with Crippen molar-refractivity contribution in [1.82, 2.24) is 14.7 Å². The second kappa shape index (κ2) is 7.69. The molecule has 0 spiro atoms. The van der Waals surface area contributed by atoms with E-state index in [1.165, 1.54) is 4.90 Å². The van der Waals surface area contributed by atoms with Crippen LogP contribution >= 0.6 is 0 Å². The van der Waals surface area contributed by atoms with Crippen LogP contribution in [0.4, 0.5) is 4.79 Å². The number of ether oxygens (including phenoxy) is 2. The van der Waals surface area contributed by atoms with Gasteiger partial charge in [-0.15, -0.1) is 0 Å². The summed E-state index contributed by atoms with van der Waals surface area (Å²) in [5.41, 5.74) is 0. The van der Waals surface area contributed by atoms with Gasteiger partial charge in [0.05, 0.1) is 7.11 Å². The summed E-state index contributed by atoms with van der Waals surface area (Å²) in [5.74, 6) is 1.10. The minimum atomic E-state index is -0.154. The Morgan fingerprint density at radius 1 is 1.07 bits per heavy atom. The maximum Gasteiger partial charge on any atom is 0.327 e. The van der Waals surface area contributed by atoms with E-state index in [0.717, 1.165) is 12.8 Å². The van der Waals surface area contributed by atoms with Crippen LogP contribution < -0.4 is 9.47 Å². The predicted octanol–water partition coefficient (Wildman–Crippen LogP) is 1.49. The van der Waals surface area contributed by atoms with Gasteiger partial charge in [0.15, 0.2) is 6.61 Å². The van der Waals surface area contributed by atoms with Gasteiger partial charge < -0.3 is 19.3 Å². The zero-order valence-electron chi connectivity index (χ0n) is 16.0. The van der Waals surface area contributed by atoms with E-state index in [2.05, 4.69) is 0 Å². The van der Waals surface area contributed by atoms with Crippen LogP contribution in [0.25, 0.3) is 0 Å². The number of carbonyl (C=O) groups excluding carboxylic acids is 3. The van der Waals surface area contributed by atoms with Crippen LogP contribution in [0.15, 0.2) is 24.3 Å². The molecule has 3 fully saturated rings. The van der Waals surface area contributed by atoms with Crippen molar-refractivity contribution in [3.63, 3.8) is 0 Å². The van der Waals surface area contributed by atoms with Gasteiger partial charge in [0.25, 0.3) is 11.8 Å². The van der Waals surface area contributed by atoms with Crippen molar-refractivity contribution in [1.29, 1.82) is 0 Å². The minimum absolute atomic E-state index is 0.0172. The summed E-state index contributed by atoms with van der Waals surface area (Å²) in [6.45, 7) is 1.26. The molecule has 4 amide bonds. The molecule has 0 unspecified atom stereocenters. The van der Waals surface area contributed by atoms with E-state index < -0.39 is 0 Å². The smallest absolute Gasteiger partial charge is 0.327 e. The Kier molecular flexibility index (Phi) is 5.11. The van der Waals surface area contributed by atoms with Crippen molar-refractivity contribution >= 4 is 17.8 Å². The Balaban J connectivity index is 1.26. The van der Waals surface area contributed by atoms with Crippen molar-refractivity contribution in [3.05, 3.63) is 24.3 Å². The average molecular weight is 387 g/mol. The molecular weight excluding hydrogens is 362 g/mol. The molecule has 0 radical (unpaired) electrons. The van der Waals surface area contributed by atoms with Crippen LogP contribution in [0.5, 0.6) is 11.5 Å². The first-order chi connectivity index (χ1) is 13.6. The van der Waals surface area contributed by atoms with Crippen LogP contribution in [-0.4, -0.2) is 78.0 Å². The van der Waals surface area contributed by atoms with E-state index in [0.29, 0.717) is 37.4 Å². The highest BCUT2D eigenvalue weighted by atomic mass is 16.5. The Bertz CT molecular complexity index is 771. The SMILES string of the molecule is COc1cccc(OCC(=O)N2CCC(N3CC(=O)N(C4CC4)C3=O)CC2)c1. The van der Waals surface area contributed by atoms with Crippen LogP contribution in [0.3, 0.4) is 0 Å². The molecule has 3 aliphatic rings. The number of likely N-dealkylation sites (tertiary alicyclic amines) is 1. The molecule has 1 saturated carbocycles. The Morgan fingerprint density at radius 2 is 1.79 bits per heavy atom. The van der Waals surface area contributed by atoms with E-state index in [1.54, 1.807) is 29.0 Å². The number of rotatable bonds is 6. The molecule has 4 rings (SSSR count). The first-order valence-electron chi connectivity index (χ1n) is 9.74. The van der Waals surface area contributed by atoms with Gasteiger partial charge >= 0.3 is 6.03 Å². The summed E-state index contributed by atoms with van der Waals surface area (Å²) in [6.07, 6.45) is 3.21. The van der Waals surface area contributed by atoms with Crippen LogP contribution in [0.1, 0.15) is 25.7 Å². The topological polar surface area (TPSA) is 79.4 Å². The molecule has 0 aromatic heterocycles. The van der Waals surface area contributed by atoms with E-state index in [9.17, 15) is 14.4 Å². The van der Waals surface area contributed by atoms with Crippen molar-refractivity contribution in [2.45, 2.75) is 37.8 Å². The third-order valence-corrected chi connectivity index (χ3v) is 5.60. The Labute approximate surface area is 164 Å². The largest absolute Gasteiger partial charge is 0.497 e. The van der Waals surface area contributed by atoms with Crippen LogP contribution in [-0.2, 0) is 9.59 Å². The third-order valence-electron chi connectivity index (χ3n) is 5.60. The molecule has 8 nitrogen and oxygen atoms in total. The molecule has 0 N–H and O–H groups in total. The molecule has 0 atom stereocenters. The van der Waals surface area contributed by atoms with Crippen LogP contribution in [0, 0.1) is 0 Å². The first kappa shape index (κ1) is 18.6. The average Bonchev–Trinajstić information content (AvgIpc) is 3.51. The fourth-order valence-electron chi connectivity index (χ4n) is 3.87. The number of nitrogens with zero attached hydrogens (tertiary/aromatic N) is 3. The molecular formula is C20H25N3O5. The van der Waals surface area contributed by atoms with Gasteiger partial charge in [-0.25, -0.2) is 4.79 Å². The molecule has 1 aromatic rings. The monoisotopic (exact) mass is 387 g/mol. The van der Waals surface area contributed by atoms with E-state index in [-0.39, 0.29) is 43.1 Å². The van der Waals surface area contributed by atoms with Gasteiger partial charge in [0.2, 0.25) is 0 Å². The van der Waals surface area contributed by atoms with E-state index in [1.807, 2.05) is 12.1 Å². The van der Waals surface area contributed by atoms with Crippen molar-refractivity contribution < 1.29 is 23.9 Å². The van der Waals surface area contributed by atoms with Gasteiger partial charge in [0.1, 0.15) is 18.0 Å². The molecule has 28 heavy (non-hydrogen) atoms. The van der Waals surface area contributed by atoms with Gasteiger partial charge in [-0.1, -0.05) is 6.07 Å². The maximum absolute atomic E-state index is 12.5. The standard InChI is InChI=1S/C20H25N3O5/c1-27-16-3-2-4-17(11-16)28-13-19(25)21-9-7-14(8-10-21)22-12-18(24)23(20(22)26)15-5-6-15/h2-4,11,14-15H,5-10,12-13H2,1H3. The van der Waals surface area contributed by atoms with Crippen molar-refractivity contribution in [2.24, 2.45) is 0 Å². The summed E-state index contributed by atoms with van der Waals surface area (Å²) >= 11 is 0. The zero-order valence-corrected chi connectivity index (χ0v) is 16.0. The maximum atomic E-state index is 12.5. The quantitative estimate of drug-likeness (QED) is 0.691. The number of hydrogen-bond acceptors (Lipinski definition) is 5. The lowest BCUT2D eigenvalue weighted by atomic mass is 10.0. The number of benzene rings is 1. The second-order valence-corrected chi connectivity index (χ2v) is 7.49. The zero-order chi connectivity index (χ0) is 19.7. The lowest BCUT2D eigenvalue weighted by Crippen LogP contribution is -2.49. The van der Waals surface area contributed by atoms with Crippen molar-refractivity contribution in [3.8, 4) is 11.5 Å². The van der Waals surface area contributed by atoms with Gasteiger partial charge in [-0.3, -0.25) is 14.5 Å². The summed E-state index contributed by atoms with van der Waals surface area (Å²) in [6, 6.07) is 7.12. The number of hydrogen-bond donors (Lipinski definition) is 0. The van der Waals surface area contributed by atoms with Gasteiger partial charge in [-0.05, 0) is 37.8 Å². The molecule has 1 aliphatic carbocycles. The first-order valence-corrected chi connectivity index (χ1v) is 9.74. The summed E-state index contributed by atoms with van der Waals surface area (Å²) < 4.78 is 10.7. The third kappa shape index (κ3) is 3.76. The Hall–Kier alpha value is -2.77. The second-order valence-electron chi connectivity index (χ2n) is 7.49. The molecule has 2 aliphatic heterocycles. The lowest BCUT2D eigenvalue weighted by Gasteiger charge is -2.36. The summed E-state index contributed by atoms with van der Waals surface area (Å²) in [7, 11) is 1.58. The number of imide groups is 1. The highest BCUT2D eigenvalue weighted by Gasteiger charge is 2.47. The molecule has 0 bridgehead atoms. The number of carbonyl (C=O) groups is 3. The predicted molar refractivity (Wildman–Crippen MR) is 100 cm³/mol. The lowest BCUT2D eigenvalue weighted by molar-refractivity contribution is -0.135.